The third kappa shape index (κ3) is 12.8. The lowest BCUT2D eigenvalue weighted by molar-refractivity contribution is 1.25. The fourth-order valence-electron chi connectivity index (χ4n) is 3.53. The van der Waals surface area contributed by atoms with Crippen LogP contribution in [0.15, 0.2) is 85.2 Å². The van der Waals surface area contributed by atoms with Crippen LogP contribution in [0.5, 0.6) is 0 Å². The lowest BCUT2D eigenvalue weighted by Crippen LogP contribution is -1.72. The summed E-state index contributed by atoms with van der Waals surface area (Å²) in [5.41, 5.74) is 7.12. The van der Waals surface area contributed by atoms with Gasteiger partial charge in [0, 0.05) is 45.6 Å². The van der Waals surface area contributed by atoms with Crippen LogP contribution < -0.4 is 0 Å². The van der Waals surface area contributed by atoms with Crippen LogP contribution in [0.25, 0.3) is 32.8 Å². The summed E-state index contributed by atoms with van der Waals surface area (Å²) in [4.78, 5) is 13.7. The topological polar surface area (TPSA) is 60.3 Å². The van der Waals surface area contributed by atoms with Crippen LogP contribution in [0.2, 0.25) is 0 Å². The largest absolute Gasteiger partial charge is 0.361 e. The van der Waals surface area contributed by atoms with Crippen LogP contribution in [0, 0.1) is 20.8 Å². The Labute approximate surface area is 244 Å². The van der Waals surface area contributed by atoms with E-state index in [1.165, 1.54) is 38.4 Å². The average Bonchev–Trinajstić information content (AvgIpc) is 3.73. The highest BCUT2D eigenvalue weighted by Crippen LogP contribution is 2.15. The minimum Gasteiger partial charge on any atom is -0.361 e. The first-order chi connectivity index (χ1) is 19.6. The minimum atomic E-state index is 0.972. The van der Waals surface area contributed by atoms with E-state index in [0.717, 1.165) is 11.3 Å². The summed E-state index contributed by atoms with van der Waals surface area (Å²) in [6.07, 6.45) is 3.82. The molecule has 0 aliphatic heterocycles. The number of fused-ring (bicyclic) bond motifs is 3. The van der Waals surface area contributed by atoms with Gasteiger partial charge >= 0.3 is 0 Å². The summed E-state index contributed by atoms with van der Waals surface area (Å²) >= 11 is 0. The highest BCUT2D eigenvalue weighted by molar-refractivity contribution is 5.82. The van der Waals surface area contributed by atoms with Gasteiger partial charge in [-0.2, -0.15) is 0 Å². The molecular formula is C36H56N4. The maximum atomic E-state index is 4.15. The molecule has 4 heteroatoms. The first-order valence-electron chi connectivity index (χ1n) is 15.1. The summed E-state index contributed by atoms with van der Waals surface area (Å²) in [5.74, 6) is 0. The Morgan fingerprint density at radius 2 is 1.02 bits per heavy atom. The molecule has 0 amide bonds. The summed E-state index contributed by atoms with van der Waals surface area (Å²) < 4.78 is 0. The number of hydrogen-bond donors (Lipinski definition) is 3. The Hall–Kier alpha value is -3.79. The number of rotatable bonds is 0. The highest BCUT2D eigenvalue weighted by atomic mass is 14.8. The molecule has 0 aliphatic rings. The van der Waals surface area contributed by atoms with Crippen LogP contribution in [0.3, 0.4) is 0 Å². The molecule has 0 bridgehead atoms. The first kappa shape index (κ1) is 38.4. The molecule has 0 fully saturated rings. The number of hydrogen-bond acceptors (Lipinski definition) is 1. The summed E-state index contributed by atoms with van der Waals surface area (Å²) in [7, 11) is 0. The van der Waals surface area contributed by atoms with Crippen molar-refractivity contribution in [3.05, 3.63) is 102 Å². The molecule has 4 aromatic heterocycles. The molecule has 0 aliphatic carbocycles. The van der Waals surface area contributed by atoms with E-state index in [-0.39, 0.29) is 0 Å². The third-order valence-corrected chi connectivity index (χ3v) is 4.99. The van der Waals surface area contributed by atoms with Crippen LogP contribution in [-0.2, 0) is 0 Å². The molecule has 6 aromatic rings. The Bertz CT molecular complexity index is 1240. The number of aryl methyl sites for hydroxylation is 3. The van der Waals surface area contributed by atoms with E-state index >= 15 is 0 Å². The number of nitrogens with zero attached hydrogens (tertiary/aromatic N) is 1. The van der Waals surface area contributed by atoms with Gasteiger partial charge in [0.05, 0.1) is 0 Å². The van der Waals surface area contributed by atoms with Gasteiger partial charge < -0.3 is 15.0 Å². The number of pyridine rings is 1. The summed E-state index contributed by atoms with van der Waals surface area (Å²) in [6, 6.07) is 24.8. The van der Waals surface area contributed by atoms with Crippen LogP contribution in [0.4, 0.5) is 0 Å². The Morgan fingerprint density at radius 3 is 1.60 bits per heavy atom. The van der Waals surface area contributed by atoms with Crippen molar-refractivity contribution in [1.82, 2.24) is 19.9 Å². The number of H-pyrrole nitrogens is 3. The van der Waals surface area contributed by atoms with Crippen molar-refractivity contribution >= 4 is 32.8 Å². The maximum Gasteiger partial charge on any atom is 0.137 e. The molecule has 3 N–H and O–H groups in total. The molecule has 4 nitrogen and oxygen atoms in total. The predicted octanol–water partition coefficient (Wildman–Crippen LogP) is 12.0. The van der Waals surface area contributed by atoms with Crippen LogP contribution >= 0.6 is 0 Å². The Kier molecular flexibility index (Phi) is 23.3. The normalized spacial score (nSPS) is 8.62. The van der Waals surface area contributed by atoms with Crippen LogP contribution in [0.1, 0.15) is 86.2 Å². The molecule has 0 saturated carbocycles. The van der Waals surface area contributed by atoms with E-state index < -0.39 is 0 Å². The zero-order valence-corrected chi connectivity index (χ0v) is 27.5. The molecule has 6 rings (SSSR count). The number of nitrogens with one attached hydrogen (secondary N) is 3. The molecule has 0 unspecified atom stereocenters. The zero-order chi connectivity index (χ0) is 30.9. The lowest BCUT2D eigenvalue weighted by atomic mass is 10.2. The standard InChI is InChI=1S/2C9H9N.C8H8N2.5C2H6/c1-7-6-10-9-5-3-2-4-8(7)9;1-7-6-8-4-2-3-5-9(8)10-7;1-6-5-7-3-2-4-9-8(7)10-6;5*1-2/h2*2-6,10H,1H3;2-5H,1H3,(H,9,10);5*1-2H3. The van der Waals surface area contributed by atoms with Gasteiger partial charge in [0.2, 0.25) is 0 Å². The lowest BCUT2D eigenvalue weighted by Gasteiger charge is -1.86. The molecule has 40 heavy (non-hydrogen) atoms. The van der Waals surface area contributed by atoms with Crippen molar-refractivity contribution in [2.45, 2.75) is 90.0 Å². The van der Waals surface area contributed by atoms with Gasteiger partial charge in [-0.3, -0.25) is 0 Å². The van der Waals surface area contributed by atoms with Gasteiger partial charge in [0.15, 0.2) is 0 Å². The van der Waals surface area contributed by atoms with E-state index in [1.54, 1.807) is 6.20 Å². The van der Waals surface area contributed by atoms with Crippen molar-refractivity contribution in [1.29, 1.82) is 0 Å². The third-order valence-electron chi connectivity index (χ3n) is 4.99. The van der Waals surface area contributed by atoms with Gasteiger partial charge in [-0.05, 0) is 68.1 Å². The van der Waals surface area contributed by atoms with E-state index in [4.69, 9.17) is 0 Å². The highest BCUT2D eigenvalue weighted by Gasteiger charge is 1.95. The Balaban J connectivity index is 0. The van der Waals surface area contributed by atoms with E-state index in [1.807, 2.05) is 107 Å². The van der Waals surface area contributed by atoms with E-state index in [2.05, 4.69) is 82.3 Å². The monoisotopic (exact) mass is 544 g/mol. The smallest absolute Gasteiger partial charge is 0.137 e. The number of aromatic amines is 3. The molecule has 0 radical (unpaired) electrons. The predicted molar refractivity (Wildman–Crippen MR) is 184 cm³/mol. The first-order valence-corrected chi connectivity index (χ1v) is 15.1. The summed E-state index contributed by atoms with van der Waals surface area (Å²) in [6.45, 7) is 26.2. The second-order valence-corrected chi connectivity index (χ2v) is 7.45. The van der Waals surface area contributed by atoms with Gasteiger partial charge in [-0.1, -0.05) is 106 Å². The second-order valence-electron chi connectivity index (χ2n) is 7.45. The molecule has 4 heterocycles. The van der Waals surface area contributed by atoms with Gasteiger partial charge in [-0.15, -0.1) is 0 Å². The maximum absolute atomic E-state index is 4.15. The van der Waals surface area contributed by atoms with Gasteiger partial charge in [-0.25, -0.2) is 4.98 Å². The Morgan fingerprint density at radius 1 is 0.525 bits per heavy atom. The molecular weight excluding hydrogens is 488 g/mol. The zero-order valence-electron chi connectivity index (χ0n) is 27.5. The quantitative estimate of drug-likeness (QED) is 0.175. The molecule has 0 saturated heterocycles. The van der Waals surface area contributed by atoms with Crippen molar-refractivity contribution in [2.75, 3.05) is 0 Å². The van der Waals surface area contributed by atoms with E-state index in [0.29, 0.717) is 0 Å². The van der Waals surface area contributed by atoms with E-state index in [9.17, 15) is 0 Å². The molecule has 2 aromatic carbocycles. The summed E-state index contributed by atoms with van der Waals surface area (Å²) in [5, 5.41) is 3.79. The number of benzene rings is 2. The SMILES string of the molecule is CC.CC.CC.CC.CC.Cc1c[nH]c2ccccc12.Cc1cc2ccccc2[nH]1.Cc1cc2cccnc2[nH]1. The fourth-order valence-corrected chi connectivity index (χ4v) is 3.53. The van der Waals surface area contributed by atoms with Crippen molar-refractivity contribution in [3.8, 4) is 0 Å². The number of aromatic nitrogens is 4. The molecule has 0 atom stereocenters. The van der Waals surface area contributed by atoms with Gasteiger partial charge in [0.25, 0.3) is 0 Å². The van der Waals surface area contributed by atoms with Crippen molar-refractivity contribution < 1.29 is 0 Å². The molecule has 0 spiro atoms. The van der Waals surface area contributed by atoms with Crippen molar-refractivity contribution in [2.24, 2.45) is 0 Å². The number of para-hydroxylation sites is 2. The fraction of sp³-hybridized carbons (Fsp3) is 0.361. The molecule has 220 valence electrons. The average molecular weight is 545 g/mol. The van der Waals surface area contributed by atoms with Crippen LogP contribution in [-0.4, -0.2) is 19.9 Å². The second kappa shape index (κ2) is 24.3. The van der Waals surface area contributed by atoms with Crippen molar-refractivity contribution in [3.63, 3.8) is 0 Å². The minimum absolute atomic E-state index is 0.972. The van der Waals surface area contributed by atoms with Gasteiger partial charge in [0.1, 0.15) is 5.65 Å².